The van der Waals surface area contributed by atoms with Crippen molar-refractivity contribution in [2.75, 3.05) is 31.9 Å². The van der Waals surface area contributed by atoms with Gasteiger partial charge < -0.3 is 19.5 Å². The van der Waals surface area contributed by atoms with E-state index in [4.69, 9.17) is 9.47 Å². The quantitative estimate of drug-likeness (QED) is 0.656. The Kier molecular flexibility index (Phi) is 5.26. The summed E-state index contributed by atoms with van der Waals surface area (Å²) in [5.74, 6) is -1.12. The number of carbonyl (C=O) groups is 1. The van der Waals surface area contributed by atoms with Crippen LogP contribution in [0.15, 0.2) is 59.5 Å². The minimum absolute atomic E-state index is 0.129. The molecule has 0 fully saturated rings. The molecule has 0 radical (unpaired) electrons. The van der Waals surface area contributed by atoms with Gasteiger partial charge in [-0.15, -0.1) is 0 Å². The summed E-state index contributed by atoms with van der Waals surface area (Å²) >= 11 is 0. The Morgan fingerprint density at radius 2 is 1.97 bits per heavy atom. The molecule has 5 rings (SSSR count). The first kappa shape index (κ1) is 21.0. The lowest BCUT2D eigenvalue weighted by Gasteiger charge is -2.44. The van der Waals surface area contributed by atoms with Crippen molar-refractivity contribution in [3.8, 4) is 11.5 Å². The van der Waals surface area contributed by atoms with Crippen LogP contribution in [-0.2, 0) is 11.3 Å². The van der Waals surface area contributed by atoms with Gasteiger partial charge in [0.1, 0.15) is 30.9 Å². The molecule has 2 aliphatic heterocycles. The van der Waals surface area contributed by atoms with Gasteiger partial charge in [0.05, 0.1) is 6.61 Å². The lowest BCUT2D eigenvalue weighted by molar-refractivity contribution is 0.0614. The van der Waals surface area contributed by atoms with E-state index in [0.29, 0.717) is 11.3 Å². The SMILES string of the molecule is COCCN1CN(C2c3ccccc3COc3cc(F)ccc32)n2ccc(=O)c(O)c2C1=O. The average molecular weight is 451 g/mol. The van der Waals surface area contributed by atoms with Crippen LogP contribution in [0, 0.1) is 5.82 Å². The van der Waals surface area contributed by atoms with E-state index in [2.05, 4.69) is 0 Å². The number of aromatic hydroxyl groups is 1. The largest absolute Gasteiger partial charge is 0.502 e. The number of amides is 1. The Balaban J connectivity index is 1.74. The van der Waals surface area contributed by atoms with Crippen molar-refractivity contribution in [2.45, 2.75) is 12.6 Å². The summed E-state index contributed by atoms with van der Waals surface area (Å²) in [6.07, 6.45) is 1.47. The first-order chi connectivity index (χ1) is 16.0. The van der Waals surface area contributed by atoms with Crippen LogP contribution in [0.5, 0.6) is 11.5 Å². The number of aromatic nitrogens is 1. The predicted octanol–water partition coefficient (Wildman–Crippen LogP) is 2.37. The molecule has 0 saturated heterocycles. The van der Waals surface area contributed by atoms with Crippen LogP contribution >= 0.6 is 0 Å². The topological polar surface area (TPSA) is 84.2 Å². The van der Waals surface area contributed by atoms with E-state index in [1.54, 1.807) is 6.07 Å². The number of carbonyl (C=O) groups excluding carboxylic acids is 1. The van der Waals surface area contributed by atoms with E-state index in [0.717, 1.165) is 11.1 Å². The first-order valence-electron chi connectivity index (χ1n) is 10.5. The van der Waals surface area contributed by atoms with Gasteiger partial charge >= 0.3 is 0 Å². The van der Waals surface area contributed by atoms with E-state index >= 15 is 0 Å². The molecular formula is C24H22FN3O5. The zero-order valence-electron chi connectivity index (χ0n) is 17.9. The molecule has 3 aromatic rings. The van der Waals surface area contributed by atoms with Gasteiger partial charge in [-0.05, 0) is 23.3 Å². The summed E-state index contributed by atoms with van der Waals surface area (Å²) in [4.78, 5) is 26.9. The van der Waals surface area contributed by atoms with Crippen LogP contribution < -0.4 is 15.2 Å². The molecule has 2 aromatic carbocycles. The van der Waals surface area contributed by atoms with E-state index in [1.165, 1.54) is 41.1 Å². The summed E-state index contributed by atoms with van der Waals surface area (Å²) in [6, 6.07) is 12.8. The van der Waals surface area contributed by atoms with E-state index < -0.39 is 28.9 Å². The Morgan fingerprint density at radius 3 is 2.79 bits per heavy atom. The number of halogens is 1. The molecule has 1 amide bonds. The number of benzene rings is 2. The van der Waals surface area contributed by atoms with Gasteiger partial charge in [0, 0.05) is 37.5 Å². The van der Waals surface area contributed by atoms with Gasteiger partial charge in [0.2, 0.25) is 5.43 Å². The van der Waals surface area contributed by atoms with Crippen LogP contribution in [0.1, 0.15) is 33.2 Å². The van der Waals surface area contributed by atoms with Crippen LogP contribution in [0.2, 0.25) is 0 Å². The predicted molar refractivity (Wildman–Crippen MR) is 117 cm³/mol. The lowest BCUT2D eigenvalue weighted by Crippen LogP contribution is -2.56. The second kappa shape index (κ2) is 8.25. The maximum atomic E-state index is 14.1. The summed E-state index contributed by atoms with van der Waals surface area (Å²) in [5.41, 5.74) is 1.75. The molecule has 170 valence electrons. The van der Waals surface area contributed by atoms with Crippen LogP contribution in [-0.4, -0.2) is 47.5 Å². The van der Waals surface area contributed by atoms with Gasteiger partial charge in [-0.1, -0.05) is 24.3 Å². The molecule has 0 bridgehead atoms. The molecule has 1 unspecified atom stereocenters. The highest BCUT2D eigenvalue weighted by Crippen LogP contribution is 2.40. The average Bonchev–Trinajstić information content (AvgIpc) is 2.97. The van der Waals surface area contributed by atoms with Crippen molar-refractivity contribution in [1.29, 1.82) is 0 Å². The molecule has 1 atom stereocenters. The Bertz CT molecular complexity index is 1290. The maximum Gasteiger partial charge on any atom is 0.277 e. The number of hydrogen-bond donors (Lipinski definition) is 1. The number of hydrogen-bond acceptors (Lipinski definition) is 6. The fraction of sp³-hybridized carbons (Fsp3) is 0.250. The third-order valence-electron chi connectivity index (χ3n) is 6.00. The lowest BCUT2D eigenvalue weighted by atomic mass is 9.94. The molecule has 8 nitrogen and oxygen atoms in total. The van der Waals surface area contributed by atoms with Crippen LogP contribution in [0.25, 0.3) is 0 Å². The third kappa shape index (κ3) is 3.50. The minimum Gasteiger partial charge on any atom is -0.502 e. The molecular weight excluding hydrogens is 429 g/mol. The third-order valence-corrected chi connectivity index (χ3v) is 6.00. The summed E-state index contributed by atoms with van der Waals surface area (Å²) in [6.45, 7) is 0.942. The van der Waals surface area contributed by atoms with Crippen molar-refractivity contribution < 1.29 is 23.8 Å². The number of nitrogens with zero attached hydrogens (tertiary/aromatic N) is 3. The Hall–Kier alpha value is -3.85. The standard InChI is InChI=1S/C24H22FN3O5/c1-32-11-10-26-14-28(27-9-8-19(29)23(30)22(27)24(26)31)21-17-5-3-2-4-15(17)13-33-20-12-16(25)6-7-18(20)21/h2-9,12,21,30H,10-11,13-14H2,1H3. The van der Waals surface area contributed by atoms with Crippen LogP contribution in [0.3, 0.4) is 0 Å². The number of methoxy groups -OCH3 is 1. The van der Waals surface area contributed by atoms with Gasteiger partial charge in [-0.3, -0.25) is 19.3 Å². The highest BCUT2D eigenvalue weighted by Gasteiger charge is 2.38. The normalized spacial score (nSPS) is 17.0. The maximum absolute atomic E-state index is 14.1. The molecule has 0 aliphatic carbocycles. The first-order valence-corrected chi connectivity index (χ1v) is 10.5. The number of ether oxygens (including phenoxy) is 2. The van der Waals surface area contributed by atoms with Crippen molar-refractivity contribution >= 4 is 5.91 Å². The zero-order valence-corrected chi connectivity index (χ0v) is 17.9. The highest BCUT2D eigenvalue weighted by atomic mass is 19.1. The van der Waals surface area contributed by atoms with Gasteiger partial charge in [0.15, 0.2) is 11.4 Å². The molecule has 1 N–H and O–H groups in total. The number of pyridine rings is 1. The monoisotopic (exact) mass is 451 g/mol. The smallest absolute Gasteiger partial charge is 0.277 e. The van der Waals surface area contributed by atoms with Crippen LogP contribution in [0.4, 0.5) is 4.39 Å². The Morgan fingerprint density at radius 1 is 1.15 bits per heavy atom. The number of fused-ring (bicyclic) bond motifs is 3. The molecule has 0 spiro atoms. The van der Waals surface area contributed by atoms with E-state index in [1.807, 2.05) is 29.3 Å². The molecule has 3 heterocycles. The molecule has 33 heavy (non-hydrogen) atoms. The summed E-state index contributed by atoms with van der Waals surface area (Å²) in [5, 5.41) is 12.4. The van der Waals surface area contributed by atoms with Gasteiger partial charge in [-0.2, -0.15) is 0 Å². The summed E-state index contributed by atoms with van der Waals surface area (Å²) in [7, 11) is 1.53. The minimum atomic E-state index is -0.643. The summed E-state index contributed by atoms with van der Waals surface area (Å²) < 4.78 is 26.7. The molecule has 9 heteroatoms. The van der Waals surface area contributed by atoms with E-state index in [9.17, 15) is 19.1 Å². The van der Waals surface area contributed by atoms with Crippen molar-refractivity contribution in [3.05, 3.63) is 93.2 Å². The van der Waals surface area contributed by atoms with Gasteiger partial charge in [-0.25, -0.2) is 4.39 Å². The fourth-order valence-electron chi connectivity index (χ4n) is 4.40. The van der Waals surface area contributed by atoms with Gasteiger partial charge in [0.25, 0.3) is 5.91 Å². The number of rotatable bonds is 4. The molecule has 2 aliphatic rings. The van der Waals surface area contributed by atoms with Crippen molar-refractivity contribution in [2.24, 2.45) is 0 Å². The fourth-order valence-corrected chi connectivity index (χ4v) is 4.40. The molecule has 0 saturated carbocycles. The highest BCUT2D eigenvalue weighted by molar-refractivity contribution is 5.96. The van der Waals surface area contributed by atoms with Crippen molar-refractivity contribution in [1.82, 2.24) is 9.58 Å². The molecule has 1 aromatic heterocycles. The Labute approximate surface area is 189 Å². The zero-order chi connectivity index (χ0) is 23.1. The van der Waals surface area contributed by atoms with E-state index in [-0.39, 0.29) is 32.1 Å². The second-order valence-electron chi connectivity index (χ2n) is 7.94. The second-order valence-corrected chi connectivity index (χ2v) is 7.94. The van der Waals surface area contributed by atoms with Crippen molar-refractivity contribution in [3.63, 3.8) is 0 Å².